The lowest BCUT2D eigenvalue weighted by Crippen LogP contribution is -2.58. The van der Waals surface area contributed by atoms with Crippen LogP contribution in [-0.2, 0) is 23.9 Å². The van der Waals surface area contributed by atoms with Gasteiger partial charge in [0.05, 0.1) is 24.0 Å². The van der Waals surface area contributed by atoms with E-state index in [4.69, 9.17) is 25.8 Å². The van der Waals surface area contributed by atoms with Gasteiger partial charge in [-0.2, -0.15) is 0 Å². The topological polar surface area (TPSA) is 90.9 Å². The smallest absolute Gasteiger partial charge is 0.312 e. The van der Waals surface area contributed by atoms with E-state index < -0.39 is 27.1 Å². The summed E-state index contributed by atoms with van der Waals surface area (Å²) in [4.78, 5) is 41.9. The molecule has 58 heavy (non-hydrogen) atoms. The van der Waals surface area contributed by atoms with Gasteiger partial charge in [-0.25, -0.2) is 0 Å². The van der Waals surface area contributed by atoms with E-state index in [-0.39, 0.29) is 59.8 Å². The summed E-state index contributed by atoms with van der Waals surface area (Å²) in [6.45, 7) is 37.7. The third-order valence-electron chi connectivity index (χ3n) is 14.3. The predicted octanol–water partition coefficient (Wildman–Crippen LogP) is 12.9. The van der Waals surface area contributed by atoms with Gasteiger partial charge in [0.25, 0.3) is 5.91 Å². The molecule has 0 aliphatic heterocycles. The molecule has 2 aromatic rings. The van der Waals surface area contributed by atoms with Gasteiger partial charge in [-0.3, -0.25) is 14.4 Å². The Balaban J connectivity index is 2.49. The van der Waals surface area contributed by atoms with Crippen LogP contribution in [0.1, 0.15) is 161 Å². The van der Waals surface area contributed by atoms with Gasteiger partial charge in [0.15, 0.2) is 6.61 Å². The van der Waals surface area contributed by atoms with E-state index in [0.717, 1.165) is 19.3 Å². The van der Waals surface area contributed by atoms with E-state index in [9.17, 15) is 14.4 Å². The van der Waals surface area contributed by atoms with Gasteiger partial charge < -0.3 is 19.5 Å². The Hall–Kier alpha value is -3.06. The Morgan fingerprint density at radius 2 is 1.16 bits per heavy atom. The van der Waals surface area contributed by atoms with Crippen LogP contribution in [0.15, 0.2) is 54.6 Å². The molecule has 0 saturated carbocycles. The molecular weight excluding hydrogens is 746 g/mol. The quantitative estimate of drug-likeness (QED) is 0.0996. The molecule has 0 saturated heterocycles. The summed E-state index contributed by atoms with van der Waals surface area (Å²) in [5.41, 5.74) is -2.97. The minimum atomic E-state index is -0.965. The zero-order valence-electron chi connectivity index (χ0n) is 39.5. The Morgan fingerprint density at radius 3 is 1.66 bits per heavy atom. The number of ether oxygens (including phenoxy) is 3. The van der Waals surface area contributed by atoms with Crippen LogP contribution in [0.5, 0.6) is 5.75 Å². The van der Waals surface area contributed by atoms with E-state index >= 15 is 0 Å². The van der Waals surface area contributed by atoms with Gasteiger partial charge in [-0.1, -0.05) is 152 Å². The molecule has 0 aliphatic carbocycles. The number of amides is 1. The lowest BCUT2D eigenvalue weighted by Gasteiger charge is -2.60. The molecule has 1 N–H and O–H groups in total. The normalized spacial score (nSPS) is 15.8. The van der Waals surface area contributed by atoms with Crippen molar-refractivity contribution >= 4 is 29.4 Å². The fourth-order valence-corrected chi connectivity index (χ4v) is 8.95. The highest BCUT2D eigenvalue weighted by atomic mass is 35.5. The maximum absolute atomic E-state index is 14.8. The van der Waals surface area contributed by atoms with Crippen molar-refractivity contribution in [2.24, 2.45) is 43.3 Å². The molecule has 2 rings (SSSR count). The van der Waals surface area contributed by atoms with Crippen molar-refractivity contribution < 1.29 is 28.6 Å². The lowest BCUT2D eigenvalue weighted by molar-refractivity contribution is -0.188. The summed E-state index contributed by atoms with van der Waals surface area (Å²) in [7, 11) is 0. The summed E-state index contributed by atoms with van der Waals surface area (Å²) >= 11 is 5.95. The molecule has 7 nitrogen and oxygen atoms in total. The van der Waals surface area contributed by atoms with Crippen molar-refractivity contribution in [3.8, 4) is 5.75 Å². The third-order valence-corrected chi connectivity index (χ3v) is 14.5. The summed E-state index contributed by atoms with van der Waals surface area (Å²) in [6, 6.07) is 17.5. The van der Waals surface area contributed by atoms with Crippen molar-refractivity contribution in [3.05, 3.63) is 65.2 Å². The van der Waals surface area contributed by atoms with Crippen LogP contribution in [0.3, 0.4) is 0 Å². The summed E-state index contributed by atoms with van der Waals surface area (Å²) < 4.78 is 17.8. The molecule has 0 fully saturated rings. The molecule has 0 spiro atoms. The number of nitrogens with one attached hydrogen (secondary N) is 1. The third kappa shape index (κ3) is 12.5. The maximum Gasteiger partial charge on any atom is 0.312 e. The van der Waals surface area contributed by atoms with Crippen LogP contribution >= 0.6 is 11.6 Å². The molecule has 8 heteroatoms. The van der Waals surface area contributed by atoms with Crippen molar-refractivity contribution in [2.45, 2.75) is 156 Å². The number of carbonyl (C=O) groups is 3. The van der Waals surface area contributed by atoms with E-state index in [2.05, 4.69) is 146 Å². The summed E-state index contributed by atoms with van der Waals surface area (Å²) in [6.07, 6.45) is 3.62. The largest absolute Gasteiger partial charge is 0.484 e. The average Bonchev–Trinajstić information content (AvgIpc) is 3.10. The lowest BCUT2D eigenvalue weighted by atomic mass is 9.44. The van der Waals surface area contributed by atoms with Crippen LogP contribution in [0.25, 0.3) is 0 Å². The van der Waals surface area contributed by atoms with Gasteiger partial charge >= 0.3 is 11.9 Å². The second kappa shape index (κ2) is 19.5. The Morgan fingerprint density at radius 1 is 0.655 bits per heavy atom. The fourth-order valence-electron chi connectivity index (χ4n) is 8.82. The number of benzene rings is 2. The highest BCUT2D eigenvalue weighted by Gasteiger charge is 2.63. The first-order valence-electron chi connectivity index (χ1n) is 21.4. The number of carbonyl (C=O) groups excluding carboxylic acids is 3. The molecule has 2 aromatic carbocycles. The van der Waals surface area contributed by atoms with E-state index in [1.807, 2.05) is 6.92 Å². The number of halogens is 1. The standard InChI is InChI=1S/C50H80ClNO6/c1-18-19-30-56-42(55)50(17,47(12,13)45(8,9)32-39(44(5,6)7)36-23-21-20-22-24-36)35-46(10,11)48(14,15)49(16,34-43(2,3)4)41(54)57-31-29-52-40(53)33-58-38-27-25-37(51)26-28-38/h20-28,39H,18-19,29-35H2,1-17H3,(H,52,53). The van der Waals surface area contributed by atoms with Gasteiger partial charge in [0.1, 0.15) is 12.4 Å². The first-order valence-corrected chi connectivity index (χ1v) is 21.8. The number of unbranched alkanes of at least 4 members (excludes halogenated alkanes) is 1. The highest BCUT2D eigenvalue weighted by Crippen LogP contribution is 2.65. The molecule has 0 aliphatic rings. The number of hydrogen-bond donors (Lipinski definition) is 1. The second-order valence-electron chi connectivity index (χ2n) is 21.8. The van der Waals surface area contributed by atoms with Crippen LogP contribution in [0, 0.1) is 43.3 Å². The van der Waals surface area contributed by atoms with Crippen LogP contribution in [0.2, 0.25) is 5.02 Å². The first kappa shape index (κ1) is 51.1. The van der Waals surface area contributed by atoms with Crippen LogP contribution < -0.4 is 10.1 Å². The zero-order valence-corrected chi connectivity index (χ0v) is 40.2. The van der Waals surface area contributed by atoms with Crippen molar-refractivity contribution in [3.63, 3.8) is 0 Å². The van der Waals surface area contributed by atoms with Crippen molar-refractivity contribution in [2.75, 3.05) is 26.4 Å². The summed E-state index contributed by atoms with van der Waals surface area (Å²) in [5, 5.41) is 3.38. The average molecular weight is 827 g/mol. The molecule has 0 radical (unpaired) electrons. The molecular formula is C50H80ClNO6. The zero-order chi connectivity index (χ0) is 44.6. The first-order chi connectivity index (χ1) is 26.4. The molecule has 0 aromatic heterocycles. The minimum absolute atomic E-state index is 0.0147. The Labute approximate surface area is 358 Å². The molecule has 0 bridgehead atoms. The van der Waals surface area contributed by atoms with E-state index in [1.165, 1.54) is 5.56 Å². The minimum Gasteiger partial charge on any atom is -0.484 e. The monoisotopic (exact) mass is 826 g/mol. The number of esters is 2. The number of hydrogen-bond acceptors (Lipinski definition) is 6. The predicted molar refractivity (Wildman–Crippen MR) is 240 cm³/mol. The number of rotatable bonds is 21. The SMILES string of the molecule is CCCCOC(=O)C(C)(CC(C)(C)C(C)(C)C(C)(CC(C)(C)C)C(=O)OCCNC(=O)COc1ccc(Cl)cc1)C(C)(C)C(C)(C)CC(c1ccccc1)C(C)(C)C. The van der Waals surface area contributed by atoms with Gasteiger partial charge in [-0.05, 0) is 108 Å². The van der Waals surface area contributed by atoms with Crippen LogP contribution in [0.4, 0.5) is 0 Å². The van der Waals surface area contributed by atoms with E-state index in [1.54, 1.807) is 24.3 Å². The van der Waals surface area contributed by atoms with Crippen LogP contribution in [-0.4, -0.2) is 44.2 Å². The summed E-state index contributed by atoms with van der Waals surface area (Å²) in [5.74, 6) is -0.0513. The fraction of sp³-hybridized carbons (Fsp3) is 0.700. The van der Waals surface area contributed by atoms with Gasteiger partial charge in [0.2, 0.25) is 0 Å². The molecule has 1 amide bonds. The van der Waals surface area contributed by atoms with Crippen molar-refractivity contribution in [1.82, 2.24) is 5.32 Å². The van der Waals surface area contributed by atoms with Gasteiger partial charge in [0, 0.05) is 5.02 Å². The van der Waals surface area contributed by atoms with Gasteiger partial charge in [-0.15, -0.1) is 0 Å². The Bertz CT molecular complexity index is 1630. The van der Waals surface area contributed by atoms with Crippen molar-refractivity contribution in [1.29, 1.82) is 0 Å². The Kier molecular flexibility index (Phi) is 17.2. The molecule has 3 atom stereocenters. The maximum atomic E-state index is 14.8. The molecule has 3 unspecified atom stereocenters. The highest BCUT2D eigenvalue weighted by molar-refractivity contribution is 6.30. The van der Waals surface area contributed by atoms with E-state index in [0.29, 0.717) is 30.2 Å². The molecule has 0 heterocycles. The second-order valence-corrected chi connectivity index (χ2v) is 22.3. The molecule has 328 valence electrons.